The van der Waals surface area contributed by atoms with E-state index < -0.39 is 19.7 Å². The predicted molar refractivity (Wildman–Crippen MR) is 89.5 cm³/mol. The average molecular weight is 308 g/mol. The highest BCUT2D eigenvalue weighted by Crippen LogP contribution is 2.30. The minimum absolute atomic E-state index is 0.248. The molecule has 1 aromatic rings. The molecule has 4 heteroatoms. The van der Waals surface area contributed by atoms with Crippen molar-refractivity contribution in [2.45, 2.75) is 57.8 Å². The molecular weight excluding hydrogens is 280 g/mol. The van der Waals surface area contributed by atoms with Crippen molar-refractivity contribution in [1.82, 2.24) is 0 Å². The fraction of sp³-hybridized carbons (Fsp3) is 0.588. The number of esters is 1. The summed E-state index contributed by atoms with van der Waals surface area (Å²) >= 11 is 0. The molecule has 0 saturated carbocycles. The van der Waals surface area contributed by atoms with Crippen LogP contribution in [0, 0.1) is 0 Å². The minimum Gasteiger partial charge on any atom is -0.466 e. The van der Waals surface area contributed by atoms with Crippen LogP contribution in [0.5, 0.6) is 0 Å². The lowest BCUT2D eigenvalue weighted by Gasteiger charge is -2.34. The van der Waals surface area contributed by atoms with Gasteiger partial charge in [0.1, 0.15) is 0 Å². The van der Waals surface area contributed by atoms with Crippen molar-refractivity contribution < 1.29 is 14.6 Å². The summed E-state index contributed by atoms with van der Waals surface area (Å²) < 4.78 is 5.25. The molecule has 1 aromatic carbocycles. The second-order valence-corrected chi connectivity index (χ2v) is 10.7. The number of unbranched alkanes of at least 4 members (excludes halogenated alkanes) is 1. The average Bonchev–Trinajstić information content (AvgIpc) is 2.46. The van der Waals surface area contributed by atoms with E-state index in [9.17, 15) is 9.90 Å². The highest BCUT2D eigenvalue weighted by Gasteiger charge is 2.43. The fourth-order valence-electron chi connectivity index (χ4n) is 2.79. The van der Waals surface area contributed by atoms with Crippen molar-refractivity contribution in [1.29, 1.82) is 0 Å². The molecule has 0 heterocycles. The van der Waals surface area contributed by atoms with Crippen LogP contribution in [-0.4, -0.2) is 31.9 Å². The molecule has 0 saturated heterocycles. The summed E-state index contributed by atoms with van der Waals surface area (Å²) in [5.41, 5.74) is -0.411. The van der Waals surface area contributed by atoms with Crippen molar-refractivity contribution in [3.8, 4) is 0 Å². The van der Waals surface area contributed by atoms with E-state index in [1.54, 1.807) is 0 Å². The van der Waals surface area contributed by atoms with E-state index >= 15 is 0 Å². The largest absolute Gasteiger partial charge is 0.466 e. The first-order chi connectivity index (χ1) is 9.95. The summed E-state index contributed by atoms with van der Waals surface area (Å²) in [4.78, 5) is 12.4. The molecule has 21 heavy (non-hydrogen) atoms. The molecule has 1 N–H and O–H groups in total. The predicted octanol–water partition coefficient (Wildman–Crippen LogP) is 3.09. The topological polar surface area (TPSA) is 46.5 Å². The molecule has 0 aliphatic heterocycles. The number of hydrogen-bond acceptors (Lipinski definition) is 3. The van der Waals surface area contributed by atoms with Crippen molar-refractivity contribution in [2.75, 3.05) is 6.61 Å². The quantitative estimate of drug-likeness (QED) is 0.593. The lowest BCUT2D eigenvalue weighted by atomic mass is 10.1. The van der Waals surface area contributed by atoms with Crippen molar-refractivity contribution >= 4 is 19.2 Å². The van der Waals surface area contributed by atoms with Gasteiger partial charge in [-0.3, -0.25) is 4.79 Å². The smallest absolute Gasteiger partial charge is 0.309 e. The van der Waals surface area contributed by atoms with Crippen LogP contribution in [-0.2, 0) is 9.53 Å². The SMILES string of the molecule is CCCC[C@@H](O)[C@H](C(=O)OCC)[Si](C)(C)c1ccccc1. The number of ether oxygens (including phenoxy) is 1. The maximum Gasteiger partial charge on any atom is 0.309 e. The minimum atomic E-state index is -2.15. The van der Waals surface area contributed by atoms with Crippen LogP contribution in [0.25, 0.3) is 0 Å². The van der Waals surface area contributed by atoms with Gasteiger partial charge in [-0.15, -0.1) is 0 Å². The Labute approximate surface area is 129 Å². The Hall–Kier alpha value is -1.13. The number of rotatable bonds is 8. The Kier molecular flexibility index (Phi) is 7.12. The van der Waals surface area contributed by atoms with E-state index in [0.717, 1.165) is 12.8 Å². The molecule has 0 aliphatic rings. The van der Waals surface area contributed by atoms with E-state index in [1.165, 1.54) is 5.19 Å². The van der Waals surface area contributed by atoms with Crippen LogP contribution in [0.15, 0.2) is 30.3 Å². The normalized spacial score (nSPS) is 14.5. The highest BCUT2D eigenvalue weighted by atomic mass is 28.3. The molecule has 0 amide bonds. The van der Waals surface area contributed by atoms with E-state index in [1.807, 2.05) is 25.1 Å². The Bertz CT molecular complexity index is 431. The van der Waals surface area contributed by atoms with Crippen molar-refractivity contribution in [2.24, 2.45) is 0 Å². The van der Waals surface area contributed by atoms with Gasteiger partial charge in [0.15, 0.2) is 0 Å². The summed E-state index contributed by atoms with van der Waals surface area (Å²) in [7, 11) is -2.15. The zero-order valence-corrected chi connectivity index (χ0v) is 14.6. The molecule has 2 atom stereocenters. The summed E-state index contributed by atoms with van der Waals surface area (Å²) in [5, 5.41) is 11.7. The van der Waals surface area contributed by atoms with Crippen LogP contribution in [0.1, 0.15) is 33.1 Å². The van der Waals surface area contributed by atoms with Gasteiger partial charge in [0.25, 0.3) is 0 Å². The maximum absolute atomic E-state index is 12.4. The van der Waals surface area contributed by atoms with Gasteiger partial charge in [-0.2, -0.15) is 0 Å². The Morgan fingerprint density at radius 1 is 1.24 bits per heavy atom. The van der Waals surface area contributed by atoms with Crippen molar-refractivity contribution in [3.05, 3.63) is 30.3 Å². The maximum atomic E-state index is 12.4. The van der Waals surface area contributed by atoms with Crippen LogP contribution >= 0.6 is 0 Å². The lowest BCUT2D eigenvalue weighted by Crippen LogP contribution is -2.53. The van der Waals surface area contributed by atoms with Gasteiger partial charge in [0.05, 0.1) is 26.3 Å². The second-order valence-electron chi connectivity index (χ2n) is 6.03. The van der Waals surface area contributed by atoms with E-state index in [-0.39, 0.29) is 5.97 Å². The molecule has 118 valence electrons. The Morgan fingerprint density at radius 2 is 1.86 bits per heavy atom. The summed E-state index contributed by atoms with van der Waals surface area (Å²) in [6, 6.07) is 10.1. The standard InChI is InChI=1S/C17H28O3Si/c1-5-7-13-15(18)16(17(19)20-6-2)21(3,4)14-11-9-8-10-12-14/h8-12,15-16,18H,5-7,13H2,1-4H3/t15-,16-/m1/s1. The first-order valence-electron chi connectivity index (χ1n) is 7.85. The van der Waals surface area contributed by atoms with Crippen LogP contribution in [0.4, 0.5) is 0 Å². The third-order valence-electron chi connectivity index (χ3n) is 4.07. The number of carbonyl (C=O) groups excluding carboxylic acids is 1. The van der Waals surface area contributed by atoms with E-state index in [2.05, 4.69) is 32.2 Å². The number of benzene rings is 1. The first kappa shape index (κ1) is 17.9. The molecule has 0 aliphatic carbocycles. The zero-order chi connectivity index (χ0) is 15.9. The van der Waals surface area contributed by atoms with Gasteiger partial charge in [-0.1, -0.05) is 68.4 Å². The Morgan fingerprint density at radius 3 is 2.38 bits per heavy atom. The van der Waals surface area contributed by atoms with Gasteiger partial charge >= 0.3 is 5.97 Å². The zero-order valence-electron chi connectivity index (χ0n) is 13.6. The molecule has 0 fully saturated rings. The number of hydrogen-bond donors (Lipinski definition) is 1. The molecule has 0 spiro atoms. The highest BCUT2D eigenvalue weighted by molar-refractivity contribution is 6.93. The summed E-state index contributed by atoms with van der Waals surface area (Å²) in [6.45, 7) is 8.53. The monoisotopic (exact) mass is 308 g/mol. The number of carbonyl (C=O) groups is 1. The Balaban J connectivity index is 3.07. The van der Waals surface area contributed by atoms with Crippen LogP contribution < -0.4 is 5.19 Å². The first-order valence-corrected chi connectivity index (χ1v) is 10.9. The van der Waals surface area contributed by atoms with Gasteiger partial charge in [-0.25, -0.2) is 0 Å². The third-order valence-corrected chi connectivity index (χ3v) is 8.07. The second kappa shape index (κ2) is 8.34. The van der Waals surface area contributed by atoms with E-state index in [0.29, 0.717) is 13.0 Å². The molecule has 0 unspecified atom stereocenters. The van der Waals surface area contributed by atoms with Gasteiger partial charge in [-0.05, 0) is 13.3 Å². The molecule has 1 rings (SSSR count). The molecule has 3 nitrogen and oxygen atoms in total. The summed E-state index contributed by atoms with van der Waals surface area (Å²) in [5.74, 6) is -0.248. The number of aliphatic hydroxyl groups is 1. The van der Waals surface area contributed by atoms with Gasteiger partial charge in [0.2, 0.25) is 0 Å². The molecular formula is C17H28O3Si. The molecule has 0 bridgehead atoms. The van der Waals surface area contributed by atoms with Gasteiger partial charge < -0.3 is 9.84 Å². The van der Waals surface area contributed by atoms with Crippen molar-refractivity contribution in [3.63, 3.8) is 0 Å². The molecule has 0 aromatic heterocycles. The van der Waals surface area contributed by atoms with Crippen LogP contribution in [0.2, 0.25) is 18.6 Å². The molecule has 0 radical (unpaired) electrons. The fourth-order valence-corrected chi connectivity index (χ4v) is 6.00. The summed E-state index contributed by atoms with van der Waals surface area (Å²) in [6.07, 6.45) is 1.98. The number of aliphatic hydroxyl groups excluding tert-OH is 1. The lowest BCUT2D eigenvalue weighted by molar-refractivity contribution is -0.145. The van der Waals surface area contributed by atoms with E-state index in [4.69, 9.17) is 4.74 Å². The van der Waals surface area contributed by atoms with Crippen LogP contribution in [0.3, 0.4) is 0 Å². The third kappa shape index (κ3) is 4.68. The van der Waals surface area contributed by atoms with Gasteiger partial charge in [0, 0.05) is 0 Å².